The van der Waals surface area contributed by atoms with Gasteiger partial charge >= 0.3 is 0 Å². The lowest BCUT2D eigenvalue weighted by molar-refractivity contribution is -0.115. The summed E-state index contributed by atoms with van der Waals surface area (Å²) in [5.74, 6) is 0.736. The maximum Gasteiger partial charge on any atom is 0.238 e. The summed E-state index contributed by atoms with van der Waals surface area (Å²) < 4.78 is 0. The lowest BCUT2D eigenvalue weighted by Crippen LogP contribution is -2.28. The molecule has 0 fully saturated rings. The summed E-state index contributed by atoms with van der Waals surface area (Å²) in [6, 6.07) is 7.11. The molecule has 4 heteroatoms. The third-order valence-electron chi connectivity index (χ3n) is 2.80. The molecule has 0 spiro atoms. The first-order valence-electron chi connectivity index (χ1n) is 6.84. The molecule has 1 aromatic carbocycles. The molecule has 1 aromatic rings. The standard InChI is InChI=1S/C15H23ClN2O/c1-12(2)5-3-4-10-17-11-15(19)18-14-8-6-13(16)7-9-14/h6-9,12,17H,3-5,10-11H2,1-2H3,(H,18,19). The van der Waals surface area contributed by atoms with Crippen LogP contribution in [0.25, 0.3) is 0 Å². The molecule has 0 saturated carbocycles. The molecule has 2 N–H and O–H groups in total. The fourth-order valence-corrected chi connectivity index (χ4v) is 1.87. The second-order valence-electron chi connectivity index (χ2n) is 5.12. The van der Waals surface area contributed by atoms with Crippen LogP contribution < -0.4 is 10.6 Å². The Balaban J connectivity index is 2.09. The zero-order chi connectivity index (χ0) is 14.1. The molecule has 0 saturated heterocycles. The van der Waals surface area contributed by atoms with E-state index in [0.29, 0.717) is 11.6 Å². The van der Waals surface area contributed by atoms with E-state index >= 15 is 0 Å². The number of rotatable bonds is 8. The van der Waals surface area contributed by atoms with Crippen molar-refractivity contribution in [3.63, 3.8) is 0 Å². The highest BCUT2D eigenvalue weighted by atomic mass is 35.5. The van der Waals surface area contributed by atoms with Gasteiger partial charge in [-0.25, -0.2) is 0 Å². The lowest BCUT2D eigenvalue weighted by Gasteiger charge is -2.07. The second-order valence-corrected chi connectivity index (χ2v) is 5.56. The number of carbonyl (C=O) groups excluding carboxylic acids is 1. The van der Waals surface area contributed by atoms with Crippen molar-refractivity contribution in [1.82, 2.24) is 5.32 Å². The van der Waals surface area contributed by atoms with Crippen LogP contribution in [0, 0.1) is 5.92 Å². The van der Waals surface area contributed by atoms with Crippen molar-refractivity contribution in [2.45, 2.75) is 33.1 Å². The first kappa shape index (κ1) is 16.0. The number of carbonyl (C=O) groups is 1. The normalized spacial score (nSPS) is 10.7. The molecule has 0 heterocycles. The fourth-order valence-electron chi connectivity index (χ4n) is 1.74. The number of unbranched alkanes of at least 4 members (excludes halogenated alkanes) is 1. The van der Waals surface area contributed by atoms with Gasteiger partial charge in [-0.2, -0.15) is 0 Å². The van der Waals surface area contributed by atoms with Gasteiger partial charge < -0.3 is 10.6 Å². The number of anilines is 1. The number of hydrogen-bond donors (Lipinski definition) is 2. The Morgan fingerprint density at radius 3 is 2.53 bits per heavy atom. The Hall–Kier alpha value is -1.06. The first-order valence-corrected chi connectivity index (χ1v) is 7.22. The topological polar surface area (TPSA) is 41.1 Å². The summed E-state index contributed by atoms with van der Waals surface area (Å²) in [6.45, 7) is 5.70. The van der Waals surface area contributed by atoms with Gasteiger partial charge in [-0.3, -0.25) is 4.79 Å². The van der Waals surface area contributed by atoms with Crippen LogP contribution in [0.4, 0.5) is 5.69 Å². The molecule has 1 rings (SSSR count). The van der Waals surface area contributed by atoms with Gasteiger partial charge in [-0.15, -0.1) is 0 Å². The van der Waals surface area contributed by atoms with Gasteiger partial charge in [0, 0.05) is 10.7 Å². The molecule has 0 aliphatic rings. The van der Waals surface area contributed by atoms with E-state index in [2.05, 4.69) is 24.5 Å². The van der Waals surface area contributed by atoms with Crippen LogP contribution in [0.3, 0.4) is 0 Å². The molecule has 0 bridgehead atoms. The van der Waals surface area contributed by atoms with E-state index in [-0.39, 0.29) is 5.91 Å². The van der Waals surface area contributed by atoms with Crippen molar-refractivity contribution >= 4 is 23.2 Å². The van der Waals surface area contributed by atoms with Crippen LogP contribution in [0.15, 0.2) is 24.3 Å². The van der Waals surface area contributed by atoms with Gasteiger partial charge in [0.2, 0.25) is 5.91 Å². The second kappa shape index (κ2) is 8.94. The number of benzene rings is 1. The summed E-state index contributed by atoms with van der Waals surface area (Å²) in [5, 5.41) is 6.64. The molecule has 0 aromatic heterocycles. The molecule has 0 aliphatic carbocycles. The summed E-state index contributed by atoms with van der Waals surface area (Å²) in [7, 11) is 0. The summed E-state index contributed by atoms with van der Waals surface area (Å²) in [5.41, 5.74) is 0.774. The van der Waals surface area contributed by atoms with Crippen molar-refractivity contribution in [3.05, 3.63) is 29.3 Å². The average molecular weight is 283 g/mol. The summed E-state index contributed by atoms with van der Waals surface area (Å²) in [4.78, 5) is 11.6. The smallest absolute Gasteiger partial charge is 0.238 e. The Kier molecular flexibility index (Phi) is 7.53. The lowest BCUT2D eigenvalue weighted by atomic mass is 10.1. The highest BCUT2D eigenvalue weighted by Gasteiger charge is 2.01. The Morgan fingerprint density at radius 1 is 1.21 bits per heavy atom. The predicted octanol–water partition coefficient (Wildman–Crippen LogP) is 3.69. The maximum absolute atomic E-state index is 11.6. The molecule has 0 aliphatic heterocycles. The van der Waals surface area contributed by atoms with Crippen LogP contribution in [0.1, 0.15) is 33.1 Å². The van der Waals surface area contributed by atoms with E-state index in [1.54, 1.807) is 24.3 Å². The molecule has 0 unspecified atom stereocenters. The molecule has 0 atom stereocenters. The average Bonchev–Trinajstić information content (AvgIpc) is 2.36. The zero-order valence-corrected chi connectivity index (χ0v) is 12.5. The van der Waals surface area contributed by atoms with E-state index in [0.717, 1.165) is 24.6 Å². The predicted molar refractivity (Wildman–Crippen MR) is 81.6 cm³/mol. The Morgan fingerprint density at radius 2 is 1.89 bits per heavy atom. The van der Waals surface area contributed by atoms with E-state index < -0.39 is 0 Å². The van der Waals surface area contributed by atoms with Crippen molar-refractivity contribution in [3.8, 4) is 0 Å². The van der Waals surface area contributed by atoms with Gasteiger partial charge in [0.25, 0.3) is 0 Å². The van der Waals surface area contributed by atoms with Gasteiger partial charge in [-0.1, -0.05) is 38.3 Å². The van der Waals surface area contributed by atoms with E-state index in [9.17, 15) is 4.79 Å². The highest BCUT2D eigenvalue weighted by molar-refractivity contribution is 6.30. The number of nitrogens with one attached hydrogen (secondary N) is 2. The van der Waals surface area contributed by atoms with Crippen molar-refractivity contribution in [2.24, 2.45) is 5.92 Å². The Bertz CT molecular complexity index is 376. The van der Waals surface area contributed by atoms with Crippen LogP contribution in [0.5, 0.6) is 0 Å². The third-order valence-corrected chi connectivity index (χ3v) is 3.05. The minimum Gasteiger partial charge on any atom is -0.325 e. The summed E-state index contributed by atoms with van der Waals surface area (Å²) in [6.07, 6.45) is 3.58. The van der Waals surface area contributed by atoms with Gasteiger partial charge in [-0.05, 0) is 43.1 Å². The van der Waals surface area contributed by atoms with Crippen molar-refractivity contribution in [1.29, 1.82) is 0 Å². The largest absolute Gasteiger partial charge is 0.325 e. The summed E-state index contributed by atoms with van der Waals surface area (Å²) >= 11 is 5.78. The monoisotopic (exact) mass is 282 g/mol. The molecule has 1 amide bonds. The van der Waals surface area contributed by atoms with E-state index in [1.165, 1.54) is 12.8 Å². The number of amides is 1. The number of hydrogen-bond acceptors (Lipinski definition) is 2. The first-order chi connectivity index (χ1) is 9.08. The molecular weight excluding hydrogens is 260 g/mol. The van der Waals surface area contributed by atoms with Crippen molar-refractivity contribution < 1.29 is 4.79 Å². The molecule has 3 nitrogen and oxygen atoms in total. The zero-order valence-electron chi connectivity index (χ0n) is 11.7. The van der Waals surface area contributed by atoms with Crippen LogP contribution in [-0.2, 0) is 4.79 Å². The highest BCUT2D eigenvalue weighted by Crippen LogP contribution is 2.13. The van der Waals surface area contributed by atoms with Crippen LogP contribution in [0.2, 0.25) is 5.02 Å². The molecule has 0 radical (unpaired) electrons. The van der Waals surface area contributed by atoms with Gasteiger partial charge in [0.05, 0.1) is 6.54 Å². The molecular formula is C15H23ClN2O. The number of halogens is 1. The minimum atomic E-state index is -0.0221. The van der Waals surface area contributed by atoms with Gasteiger partial charge in [0.1, 0.15) is 0 Å². The van der Waals surface area contributed by atoms with Crippen molar-refractivity contribution in [2.75, 3.05) is 18.4 Å². The molecule has 106 valence electrons. The maximum atomic E-state index is 11.6. The van der Waals surface area contributed by atoms with Gasteiger partial charge in [0.15, 0.2) is 0 Å². The quantitative estimate of drug-likeness (QED) is 0.714. The molecule has 19 heavy (non-hydrogen) atoms. The van der Waals surface area contributed by atoms with E-state index in [1.807, 2.05) is 0 Å². The minimum absolute atomic E-state index is 0.0221. The SMILES string of the molecule is CC(C)CCCCNCC(=O)Nc1ccc(Cl)cc1. The fraction of sp³-hybridized carbons (Fsp3) is 0.533. The van der Waals surface area contributed by atoms with Crippen LogP contribution >= 0.6 is 11.6 Å². The third kappa shape index (κ3) is 7.85. The van der Waals surface area contributed by atoms with E-state index in [4.69, 9.17) is 11.6 Å². The Labute approximate surface area is 120 Å². The van der Waals surface area contributed by atoms with Crippen LogP contribution in [-0.4, -0.2) is 19.0 Å².